The maximum absolute atomic E-state index is 6.55. The molecule has 0 amide bonds. The van der Waals surface area contributed by atoms with Crippen LogP contribution < -0.4 is 10.2 Å². The van der Waals surface area contributed by atoms with E-state index in [0.29, 0.717) is 0 Å². The molecule has 4 nitrogen and oxygen atoms in total. The summed E-state index contributed by atoms with van der Waals surface area (Å²) in [6, 6.07) is 65.5. The third kappa shape index (κ3) is 5.22. The van der Waals surface area contributed by atoms with Crippen molar-refractivity contribution in [2.75, 3.05) is 4.90 Å². The van der Waals surface area contributed by atoms with E-state index in [4.69, 9.17) is 4.42 Å². The van der Waals surface area contributed by atoms with E-state index < -0.39 is 0 Å². The van der Waals surface area contributed by atoms with Gasteiger partial charge in [0.05, 0.1) is 11.0 Å². The third-order valence-corrected chi connectivity index (χ3v) is 11.1. The van der Waals surface area contributed by atoms with E-state index in [1.807, 2.05) is 6.20 Å². The number of nitrogens with zero attached hydrogens (tertiary/aromatic N) is 2. The van der Waals surface area contributed by atoms with Crippen LogP contribution in [0, 0.1) is 0 Å². The van der Waals surface area contributed by atoms with Crippen molar-refractivity contribution in [1.82, 2.24) is 9.88 Å². The molecule has 0 fully saturated rings. The minimum absolute atomic E-state index is 0.768. The van der Waals surface area contributed by atoms with Gasteiger partial charge in [0.25, 0.3) is 0 Å². The molecule has 55 heavy (non-hydrogen) atoms. The van der Waals surface area contributed by atoms with Crippen molar-refractivity contribution in [3.05, 3.63) is 199 Å². The van der Waals surface area contributed by atoms with Crippen molar-refractivity contribution < 1.29 is 4.42 Å². The van der Waals surface area contributed by atoms with Crippen LogP contribution in [-0.4, -0.2) is 4.57 Å². The molecule has 1 aliphatic heterocycles. The van der Waals surface area contributed by atoms with Crippen LogP contribution in [0.3, 0.4) is 0 Å². The number of aromatic nitrogens is 1. The monoisotopic (exact) mass is 705 g/mol. The molecule has 0 bridgehead atoms. The molecular weight excluding hydrogens is 671 g/mol. The van der Waals surface area contributed by atoms with E-state index in [0.717, 1.165) is 62.4 Å². The summed E-state index contributed by atoms with van der Waals surface area (Å²) >= 11 is 0. The van der Waals surface area contributed by atoms with E-state index in [1.165, 1.54) is 44.1 Å². The quantitative estimate of drug-likeness (QED) is 0.187. The second kappa shape index (κ2) is 12.7. The van der Waals surface area contributed by atoms with E-state index in [1.54, 1.807) is 0 Å². The van der Waals surface area contributed by atoms with Gasteiger partial charge in [0.15, 0.2) is 0 Å². The molecule has 0 radical (unpaired) electrons. The molecule has 3 heterocycles. The highest BCUT2D eigenvalue weighted by atomic mass is 16.3. The summed E-state index contributed by atoms with van der Waals surface area (Å²) in [5.74, 6) is 0. The molecule has 4 heteroatoms. The summed E-state index contributed by atoms with van der Waals surface area (Å²) in [6.07, 6.45) is 4.11. The van der Waals surface area contributed by atoms with Gasteiger partial charge >= 0.3 is 0 Å². The SMILES string of the molecule is C1=Cc2ccc3c(oc4cc(-c5ccc(N(c6ccc(-c7ccccc7)cc6)c6ccc7c8ccccc8n(-c8ccccc8)c7c6)cc5)ccc43)c2CN1. The lowest BCUT2D eigenvalue weighted by molar-refractivity contribution is 0.658. The van der Waals surface area contributed by atoms with Gasteiger partial charge in [-0.2, -0.15) is 0 Å². The number of benzene rings is 8. The Kier molecular flexibility index (Phi) is 7.20. The number of nitrogens with one attached hydrogen (secondary N) is 1. The molecule has 1 N–H and O–H groups in total. The Labute approximate surface area is 318 Å². The van der Waals surface area contributed by atoms with Crippen LogP contribution in [0.5, 0.6) is 0 Å². The minimum atomic E-state index is 0.768. The predicted octanol–water partition coefficient (Wildman–Crippen LogP) is 13.6. The average molecular weight is 706 g/mol. The first-order valence-electron chi connectivity index (χ1n) is 18.8. The molecular formula is C51H35N3O. The average Bonchev–Trinajstić information content (AvgIpc) is 3.80. The fourth-order valence-corrected chi connectivity index (χ4v) is 8.38. The lowest BCUT2D eigenvalue weighted by Crippen LogP contribution is -2.10. The highest BCUT2D eigenvalue weighted by Crippen LogP contribution is 2.41. The van der Waals surface area contributed by atoms with Crippen molar-refractivity contribution in [3.63, 3.8) is 0 Å². The fourth-order valence-electron chi connectivity index (χ4n) is 8.38. The first-order chi connectivity index (χ1) is 27.3. The Morgan fingerprint density at radius 1 is 0.473 bits per heavy atom. The molecule has 0 saturated heterocycles. The molecule has 10 aromatic rings. The van der Waals surface area contributed by atoms with Crippen LogP contribution in [0.1, 0.15) is 11.1 Å². The molecule has 1 aliphatic rings. The summed E-state index contributed by atoms with van der Waals surface area (Å²) < 4.78 is 8.93. The van der Waals surface area contributed by atoms with Gasteiger partial charge in [0.1, 0.15) is 11.2 Å². The highest BCUT2D eigenvalue weighted by Gasteiger charge is 2.19. The van der Waals surface area contributed by atoms with Gasteiger partial charge in [-0.05, 0) is 113 Å². The molecule has 0 unspecified atom stereocenters. The molecule has 260 valence electrons. The Bertz CT molecular complexity index is 3060. The van der Waals surface area contributed by atoms with Crippen LogP contribution in [0.25, 0.3) is 77.8 Å². The van der Waals surface area contributed by atoms with Gasteiger partial charge < -0.3 is 19.2 Å². The molecule has 0 spiro atoms. The fraction of sp³-hybridized carbons (Fsp3) is 0.0196. The zero-order chi connectivity index (χ0) is 36.3. The van der Waals surface area contributed by atoms with E-state index in [2.05, 4.69) is 203 Å². The first-order valence-corrected chi connectivity index (χ1v) is 18.8. The Morgan fingerprint density at radius 2 is 1.07 bits per heavy atom. The zero-order valence-corrected chi connectivity index (χ0v) is 30.0. The van der Waals surface area contributed by atoms with Crippen LogP contribution >= 0.6 is 0 Å². The number of hydrogen-bond acceptors (Lipinski definition) is 3. The largest absolute Gasteiger partial charge is 0.456 e. The lowest BCUT2D eigenvalue weighted by atomic mass is 10.00. The van der Waals surface area contributed by atoms with Gasteiger partial charge in [0, 0.05) is 56.4 Å². The maximum Gasteiger partial charge on any atom is 0.140 e. The first kappa shape index (κ1) is 31.2. The van der Waals surface area contributed by atoms with E-state index >= 15 is 0 Å². The van der Waals surface area contributed by atoms with Crippen LogP contribution in [0.15, 0.2) is 193 Å². The van der Waals surface area contributed by atoms with Crippen molar-refractivity contribution in [3.8, 4) is 27.9 Å². The summed E-state index contributed by atoms with van der Waals surface area (Å²) in [5, 5.41) is 8.11. The number of anilines is 3. The Hall–Kier alpha value is -7.30. The van der Waals surface area contributed by atoms with Crippen LogP contribution in [-0.2, 0) is 6.54 Å². The second-order valence-corrected chi connectivity index (χ2v) is 14.2. The summed E-state index contributed by atoms with van der Waals surface area (Å²) in [6.45, 7) is 0.768. The van der Waals surface area contributed by atoms with Gasteiger partial charge in [-0.1, -0.05) is 109 Å². The predicted molar refractivity (Wildman–Crippen MR) is 229 cm³/mol. The van der Waals surface area contributed by atoms with E-state index in [-0.39, 0.29) is 0 Å². The smallest absolute Gasteiger partial charge is 0.140 e. The van der Waals surface area contributed by atoms with Gasteiger partial charge in [-0.3, -0.25) is 0 Å². The number of rotatable bonds is 6. The molecule has 0 aliphatic carbocycles. The standard InChI is InChI=1S/C51H35N3O/c1-3-9-34(10-4-1)35-15-21-40(22-16-35)53(42-25-28-44-43-13-7-8-14-48(43)54(49(44)32-42)39-11-5-2-6-12-39)41-23-17-36(18-24-41)38-20-26-45-46-27-19-37-29-30-52-33-47(37)51(46)55-50(45)31-38/h1-32,52H,33H2. The number of hydrogen-bond donors (Lipinski definition) is 1. The molecule has 2 aromatic heterocycles. The van der Waals surface area contributed by atoms with Gasteiger partial charge in [-0.15, -0.1) is 0 Å². The number of para-hydroxylation sites is 2. The third-order valence-electron chi connectivity index (χ3n) is 11.1. The Morgan fingerprint density at radius 3 is 1.85 bits per heavy atom. The Balaban J connectivity index is 1.03. The summed E-state index contributed by atoms with van der Waals surface area (Å²) in [5.41, 5.74) is 15.7. The van der Waals surface area contributed by atoms with Gasteiger partial charge in [0.2, 0.25) is 0 Å². The normalized spacial score (nSPS) is 12.4. The molecule has 0 saturated carbocycles. The van der Waals surface area contributed by atoms with Crippen LogP contribution in [0.2, 0.25) is 0 Å². The van der Waals surface area contributed by atoms with Crippen molar-refractivity contribution in [2.24, 2.45) is 0 Å². The number of fused-ring (bicyclic) bond motifs is 8. The molecule has 8 aromatic carbocycles. The molecule has 11 rings (SSSR count). The second-order valence-electron chi connectivity index (χ2n) is 14.2. The van der Waals surface area contributed by atoms with Crippen LogP contribution in [0.4, 0.5) is 17.1 Å². The number of furan rings is 1. The lowest BCUT2D eigenvalue weighted by Gasteiger charge is -2.26. The van der Waals surface area contributed by atoms with Crippen molar-refractivity contribution in [2.45, 2.75) is 6.54 Å². The minimum Gasteiger partial charge on any atom is -0.456 e. The highest BCUT2D eigenvalue weighted by molar-refractivity contribution is 6.11. The topological polar surface area (TPSA) is 33.3 Å². The van der Waals surface area contributed by atoms with Crippen molar-refractivity contribution in [1.29, 1.82) is 0 Å². The summed E-state index contributed by atoms with van der Waals surface area (Å²) in [7, 11) is 0. The molecule has 0 atom stereocenters. The maximum atomic E-state index is 6.55. The van der Waals surface area contributed by atoms with Gasteiger partial charge in [-0.25, -0.2) is 0 Å². The van der Waals surface area contributed by atoms with E-state index in [9.17, 15) is 0 Å². The zero-order valence-electron chi connectivity index (χ0n) is 30.0. The van der Waals surface area contributed by atoms with Crippen molar-refractivity contribution >= 4 is 66.9 Å². The summed E-state index contributed by atoms with van der Waals surface area (Å²) in [4.78, 5) is 2.36.